The van der Waals surface area contributed by atoms with Crippen molar-refractivity contribution in [3.05, 3.63) is 120 Å². The third-order valence-electron chi connectivity index (χ3n) is 8.69. The van der Waals surface area contributed by atoms with Gasteiger partial charge in [-0.3, -0.25) is 0 Å². The number of fused-ring (bicyclic) bond motifs is 7. The summed E-state index contributed by atoms with van der Waals surface area (Å²) in [5.74, 6) is 0. The van der Waals surface area contributed by atoms with Gasteiger partial charge in [-0.2, -0.15) is 4.57 Å². The maximum absolute atomic E-state index is 6.61. The lowest BCUT2D eigenvalue weighted by Crippen LogP contribution is -2.33. The maximum atomic E-state index is 6.61. The molecule has 0 bridgehead atoms. The van der Waals surface area contributed by atoms with E-state index in [1.165, 1.54) is 55.1 Å². The molecule has 3 nitrogen and oxygen atoms in total. The molecule has 40 heavy (non-hydrogen) atoms. The average Bonchev–Trinajstić information content (AvgIpc) is 3.50. The molecule has 0 amide bonds. The van der Waals surface area contributed by atoms with Gasteiger partial charge in [0.05, 0.1) is 27.7 Å². The van der Waals surface area contributed by atoms with Gasteiger partial charge in [0.2, 0.25) is 11.2 Å². The van der Waals surface area contributed by atoms with E-state index in [0.717, 1.165) is 33.2 Å². The van der Waals surface area contributed by atoms with Crippen LogP contribution in [0.2, 0.25) is 0 Å². The van der Waals surface area contributed by atoms with Crippen LogP contribution in [0.25, 0.3) is 71.6 Å². The van der Waals surface area contributed by atoms with Crippen molar-refractivity contribution < 1.29 is 8.98 Å². The van der Waals surface area contributed by atoms with Crippen molar-refractivity contribution in [2.75, 3.05) is 0 Å². The smallest absolute Gasteiger partial charge is 0.218 e. The molecular weight excluding hydrogens is 488 g/mol. The number of pyridine rings is 1. The van der Waals surface area contributed by atoms with E-state index in [9.17, 15) is 0 Å². The van der Waals surface area contributed by atoms with Crippen LogP contribution in [0.5, 0.6) is 0 Å². The fourth-order valence-electron chi connectivity index (χ4n) is 6.58. The molecule has 192 valence electrons. The van der Waals surface area contributed by atoms with E-state index >= 15 is 0 Å². The fourth-order valence-corrected chi connectivity index (χ4v) is 6.58. The summed E-state index contributed by atoms with van der Waals surface area (Å²) in [7, 11) is 2.18. The summed E-state index contributed by atoms with van der Waals surface area (Å²) in [5, 5.41) is 6.07. The monoisotopic (exact) mass is 517 g/mol. The number of hydrogen-bond donors (Lipinski definition) is 0. The number of furan rings is 1. The van der Waals surface area contributed by atoms with Crippen molar-refractivity contribution in [3.8, 4) is 16.9 Å². The van der Waals surface area contributed by atoms with Gasteiger partial charge in [-0.15, -0.1) is 0 Å². The molecule has 0 N–H and O–H groups in total. The minimum Gasteiger partial charge on any atom is -0.455 e. The van der Waals surface area contributed by atoms with Crippen LogP contribution >= 0.6 is 0 Å². The Morgan fingerprint density at radius 2 is 1.27 bits per heavy atom. The number of aryl methyl sites for hydroxylation is 3. The second-order valence-electron chi connectivity index (χ2n) is 11.0. The Kier molecular flexibility index (Phi) is 4.78. The van der Waals surface area contributed by atoms with Crippen molar-refractivity contribution in [2.24, 2.45) is 7.05 Å². The van der Waals surface area contributed by atoms with Gasteiger partial charge in [-0.25, -0.2) is 0 Å². The van der Waals surface area contributed by atoms with Crippen LogP contribution < -0.4 is 4.57 Å². The van der Waals surface area contributed by atoms with Gasteiger partial charge < -0.3 is 8.98 Å². The molecule has 8 aromatic rings. The molecule has 5 aromatic carbocycles. The summed E-state index contributed by atoms with van der Waals surface area (Å²) in [6.45, 7) is 6.60. The van der Waals surface area contributed by atoms with E-state index in [1.807, 2.05) is 6.07 Å². The second kappa shape index (κ2) is 8.30. The van der Waals surface area contributed by atoms with Crippen molar-refractivity contribution in [2.45, 2.75) is 20.8 Å². The highest BCUT2D eigenvalue weighted by Crippen LogP contribution is 2.41. The highest BCUT2D eigenvalue weighted by molar-refractivity contribution is 6.12. The molecule has 0 fully saturated rings. The van der Waals surface area contributed by atoms with Crippen molar-refractivity contribution in [1.29, 1.82) is 0 Å². The third kappa shape index (κ3) is 3.09. The molecule has 3 heterocycles. The third-order valence-corrected chi connectivity index (χ3v) is 8.69. The van der Waals surface area contributed by atoms with Crippen LogP contribution in [0, 0.1) is 20.8 Å². The van der Waals surface area contributed by atoms with Crippen molar-refractivity contribution in [3.63, 3.8) is 0 Å². The van der Waals surface area contributed by atoms with Crippen LogP contribution in [0.3, 0.4) is 0 Å². The minimum absolute atomic E-state index is 0.922. The van der Waals surface area contributed by atoms with Crippen molar-refractivity contribution >= 4 is 54.6 Å². The molecule has 0 aliphatic rings. The van der Waals surface area contributed by atoms with Gasteiger partial charge in [0.1, 0.15) is 18.2 Å². The van der Waals surface area contributed by atoms with E-state index < -0.39 is 0 Å². The summed E-state index contributed by atoms with van der Waals surface area (Å²) >= 11 is 0. The van der Waals surface area contributed by atoms with E-state index in [4.69, 9.17) is 4.42 Å². The predicted octanol–water partition coefficient (Wildman–Crippen LogP) is 9.25. The maximum Gasteiger partial charge on any atom is 0.218 e. The topological polar surface area (TPSA) is 21.9 Å². The first-order chi connectivity index (χ1) is 19.5. The van der Waals surface area contributed by atoms with Crippen LogP contribution in [0.4, 0.5) is 0 Å². The van der Waals surface area contributed by atoms with Gasteiger partial charge in [-0.05, 0) is 67.8 Å². The highest BCUT2D eigenvalue weighted by atomic mass is 16.3. The molecule has 3 aromatic heterocycles. The average molecular weight is 518 g/mol. The lowest BCUT2D eigenvalue weighted by Gasteiger charge is -2.15. The van der Waals surface area contributed by atoms with Gasteiger partial charge in [0.25, 0.3) is 0 Å². The number of nitrogens with zero attached hydrogens (tertiary/aromatic N) is 2. The summed E-state index contributed by atoms with van der Waals surface area (Å²) in [4.78, 5) is 0. The molecule has 0 aliphatic carbocycles. The molecule has 0 atom stereocenters. The zero-order chi connectivity index (χ0) is 27.1. The number of para-hydroxylation sites is 3. The fraction of sp³-hybridized carbons (Fsp3) is 0.108. The first-order valence-electron chi connectivity index (χ1n) is 13.8. The Morgan fingerprint density at radius 3 is 2.00 bits per heavy atom. The molecule has 0 unspecified atom stereocenters. The molecule has 0 spiro atoms. The number of aromatic nitrogens is 2. The van der Waals surface area contributed by atoms with Gasteiger partial charge >= 0.3 is 0 Å². The van der Waals surface area contributed by atoms with Crippen molar-refractivity contribution in [1.82, 2.24) is 4.57 Å². The van der Waals surface area contributed by atoms with Gasteiger partial charge in [0.15, 0.2) is 0 Å². The Bertz CT molecular complexity index is 2260. The predicted molar refractivity (Wildman–Crippen MR) is 166 cm³/mol. The van der Waals surface area contributed by atoms with Crippen LogP contribution in [-0.2, 0) is 7.05 Å². The first-order valence-corrected chi connectivity index (χ1v) is 13.8. The van der Waals surface area contributed by atoms with Gasteiger partial charge in [0, 0.05) is 33.7 Å². The lowest BCUT2D eigenvalue weighted by molar-refractivity contribution is -0.633. The first kappa shape index (κ1) is 23.0. The van der Waals surface area contributed by atoms with E-state index in [1.54, 1.807) is 0 Å². The zero-order valence-corrected chi connectivity index (χ0v) is 23.1. The minimum atomic E-state index is 0.922. The Hall–Kier alpha value is -4.89. The summed E-state index contributed by atoms with van der Waals surface area (Å²) in [6, 6.07) is 37.3. The molecule has 0 aliphatic heterocycles. The molecule has 0 saturated heterocycles. The number of benzene rings is 5. The van der Waals surface area contributed by atoms with E-state index in [-0.39, 0.29) is 0 Å². The molecule has 8 rings (SSSR count). The van der Waals surface area contributed by atoms with Crippen LogP contribution in [0.1, 0.15) is 16.7 Å². The molecule has 3 heteroatoms. The Morgan fingerprint density at radius 1 is 0.625 bits per heavy atom. The SMILES string of the molecule is Cc1ccc2c(c1)c(-n1c3ccccc3c3ccccc31)cc(-c1c(C)c(C)cc3c1oc1ccccc13)[n+]2C. The normalized spacial score (nSPS) is 12.0. The molecule has 0 saturated carbocycles. The lowest BCUT2D eigenvalue weighted by atomic mass is 9.95. The summed E-state index contributed by atoms with van der Waals surface area (Å²) in [5.41, 5.74) is 12.7. The highest BCUT2D eigenvalue weighted by Gasteiger charge is 2.27. The largest absolute Gasteiger partial charge is 0.455 e. The molecule has 0 radical (unpaired) electrons. The Labute approximate surface area is 232 Å². The van der Waals surface area contributed by atoms with E-state index in [0.29, 0.717) is 0 Å². The standard InChI is InChI=1S/C37H29N2O/c1-22-17-18-30-29(19-22)33(39-31-14-8-5-11-25(31)26-12-6-9-15-32(26)39)21-34(38(30)4)36-24(3)23(2)20-28-27-13-7-10-16-35(27)40-37(28)36/h5-21H,1-4H3/q+1. The Balaban J connectivity index is 1.57. The van der Waals surface area contributed by atoms with Crippen LogP contribution in [-0.4, -0.2) is 4.57 Å². The number of hydrogen-bond acceptors (Lipinski definition) is 1. The number of rotatable bonds is 2. The molecular formula is C37H29N2O+. The quantitative estimate of drug-likeness (QED) is 0.209. The summed E-state index contributed by atoms with van der Waals surface area (Å²) in [6.07, 6.45) is 0. The van der Waals surface area contributed by atoms with Gasteiger partial charge in [-0.1, -0.05) is 60.7 Å². The second-order valence-corrected chi connectivity index (χ2v) is 11.0. The zero-order valence-electron chi connectivity index (χ0n) is 23.1. The summed E-state index contributed by atoms with van der Waals surface area (Å²) < 4.78 is 11.4. The van der Waals surface area contributed by atoms with E-state index in [2.05, 4.69) is 134 Å². The van der Waals surface area contributed by atoms with Crippen LogP contribution in [0.15, 0.2) is 108 Å².